The third-order valence-corrected chi connectivity index (χ3v) is 6.63. The predicted octanol–water partition coefficient (Wildman–Crippen LogP) is 6.18. The molecule has 0 aliphatic rings. The van der Waals surface area contributed by atoms with Gasteiger partial charge in [-0.2, -0.15) is 8.42 Å². The van der Waals surface area contributed by atoms with Crippen LogP contribution in [0.4, 0.5) is 4.39 Å². The van der Waals surface area contributed by atoms with Crippen LogP contribution in [0.15, 0.2) is 76.2 Å². The molecule has 2 aromatic carbocycles. The average Bonchev–Trinajstić information content (AvgIpc) is 3.26. The topological polar surface area (TPSA) is 76.8 Å². The van der Waals surface area contributed by atoms with Gasteiger partial charge in [-0.15, -0.1) is 0 Å². The van der Waals surface area contributed by atoms with E-state index >= 15 is 0 Å². The van der Waals surface area contributed by atoms with Gasteiger partial charge in [0.25, 0.3) is 0 Å². The molecule has 1 unspecified atom stereocenters. The van der Waals surface area contributed by atoms with E-state index < -0.39 is 15.9 Å². The van der Waals surface area contributed by atoms with Gasteiger partial charge in [0, 0.05) is 13.0 Å². The second kappa shape index (κ2) is 11.1. The van der Waals surface area contributed by atoms with Crippen LogP contribution in [0, 0.1) is 17.2 Å². The van der Waals surface area contributed by atoms with Crippen LogP contribution in [0.3, 0.4) is 0 Å². The quantitative estimate of drug-likeness (QED) is 0.310. The lowest BCUT2D eigenvalue weighted by Crippen LogP contribution is -2.31. The van der Waals surface area contributed by atoms with Gasteiger partial charge >= 0.3 is 10.1 Å². The number of hydrogen-bond donors (Lipinski definition) is 0. The van der Waals surface area contributed by atoms with E-state index in [1.807, 2.05) is 6.07 Å². The summed E-state index contributed by atoms with van der Waals surface area (Å²) < 4.78 is 48.6. The minimum atomic E-state index is -4.09. The van der Waals surface area contributed by atoms with Crippen LogP contribution in [0.25, 0.3) is 0 Å². The van der Waals surface area contributed by atoms with Gasteiger partial charge in [-0.1, -0.05) is 39.8 Å². The zero-order valence-corrected chi connectivity index (χ0v) is 21.3. The van der Waals surface area contributed by atoms with Crippen molar-refractivity contribution in [2.24, 2.45) is 11.3 Å². The summed E-state index contributed by atoms with van der Waals surface area (Å²) >= 11 is 0. The average molecular weight is 502 g/mol. The van der Waals surface area contributed by atoms with Crippen molar-refractivity contribution in [1.82, 2.24) is 4.90 Å². The van der Waals surface area contributed by atoms with Crippen LogP contribution in [-0.4, -0.2) is 19.2 Å². The Morgan fingerprint density at radius 3 is 2.26 bits per heavy atom. The number of rotatable bonds is 10. The normalized spacial score (nSPS) is 12.8. The van der Waals surface area contributed by atoms with Gasteiger partial charge in [-0.3, -0.25) is 4.79 Å². The molecule has 3 rings (SSSR count). The molecule has 35 heavy (non-hydrogen) atoms. The lowest BCUT2D eigenvalue weighted by Gasteiger charge is -2.27. The highest BCUT2D eigenvalue weighted by atomic mass is 32.2. The van der Waals surface area contributed by atoms with E-state index in [0.29, 0.717) is 25.3 Å². The Morgan fingerprint density at radius 2 is 1.69 bits per heavy atom. The van der Waals surface area contributed by atoms with Crippen molar-refractivity contribution < 1.29 is 26.2 Å². The maximum atomic E-state index is 13.2. The number of furan rings is 1. The van der Waals surface area contributed by atoms with Crippen molar-refractivity contribution >= 4 is 16.0 Å². The highest BCUT2D eigenvalue weighted by molar-refractivity contribution is 7.87. The van der Waals surface area contributed by atoms with E-state index in [-0.39, 0.29) is 27.9 Å². The van der Waals surface area contributed by atoms with E-state index in [1.54, 1.807) is 29.4 Å². The van der Waals surface area contributed by atoms with Crippen molar-refractivity contribution in [1.29, 1.82) is 0 Å². The Labute approximate surface area is 206 Å². The van der Waals surface area contributed by atoms with Gasteiger partial charge in [-0.25, -0.2) is 4.39 Å². The highest BCUT2D eigenvalue weighted by Crippen LogP contribution is 2.27. The molecule has 1 atom stereocenters. The van der Waals surface area contributed by atoms with E-state index in [9.17, 15) is 17.6 Å². The van der Waals surface area contributed by atoms with Gasteiger partial charge in [0.15, 0.2) is 0 Å². The van der Waals surface area contributed by atoms with Gasteiger partial charge < -0.3 is 13.5 Å². The predicted molar refractivity (Wildman–Crippen MR) is 131 cm³/mol. The first-order chi connectivity index (χ1) is 16.4. The van der Waals surface area contributed by atoms with Crippen molar-refractivity contribution in [3.05, 3.63) is 84.1 Å². The molecular weight excluding hydrogens is 469 g/mol. The SMILES string of the molecule is CC(CC(=O)N(Cc1ccc(OS(=O)(=O)c2ccc(F)cc2)cc1)Cc1ccco1)CC(C)(C)C. The summed E-state index contributed by atoms with van der Waals surface area (Å²) in [4.78, 5) is 14.8. The number of hydrogen-bond acceptors (Lipinski definition) is 5. The minimum Gasteiger partial charge on any atom is -0.467 e. The monoisotopic (exact) mass is 501 g/mol. The van der Waals surface area contributed by atoms with Gasteiger partial charge in [0.05, 0.1) is 12.8 Å². The molecule has 0 radical (unpaired) electrons. The maximum Gasteiger partial charge on any atom is 0.339 e. The zero-order valence-electron chi connectivity index (χ0n) is 20.5. The summed E-state index contributed by atoms with van der Waals surface area (Å²) in [7, 11) is -4.09. The molecule has 3 aromatic rings. The molecule has 0 saturated heterocycles. The van der Waals surface area contributed by atoms with Crippen LogP contribution >= 0.6 is 0 Å². The Balaban J connectivity index is 1.70. The third kappa shape index (κ3) is 8.24. The summed E-state index contributed by atoms with van der Waals surface area (Å²) in [6.45, 7) is 9.25. The fourth-order valence-corrected chi connectivity index (χ4v) is 4.94. The maximum absolute atomic E-state index is 13.2. The molecular formula is C27H32FNO5S. The minimum absolute atomic E-state index is 0.0253. The first-order valence-electron chi connectivity index (χ1n) is 11.5. The number of halogens is 1. The smallest absolute Gasteiger partial charge is 0.339 e. The van der Waals surface area contributed by atoms with E-state index in [4.69, 9.17) is 8.60 Å². The summed E-state index contributed by atoms with van der Waals surface area (Å²) in [6, 6.07) is 14.5. The van der Waals surface area contributed by atoms with Crippen molar-refractivity contribution in [2.75, 3.05) is 0 Å². The summed E-state index contributed by atoms with van der Waals surface area (Å²) in [6.07, 6.45) is 2.94. The highest BCUT2D eigenvalue weighted by Gasteiger charge is 2.22. The van der Waals surface area contributed by atoms with Gasteiger partial charge in [0.2, 0.25) is 5.91 Å². The van der Waals surface area contributed by atoms with Gasteiger partial charge in [-0.05, 0) is 71.8 Å². The molecule has 0 bridgehead atoms. The molecule has 0 saturated carbocycles. The van der Waals surface area contributed by atoms with Crippen LogP contribution < -0.4 is 4.18 Å². The van der Waals surface area contributed by atoms with E-state index in [2.05, 4.69) is 27.7 Å². The molecule has 188 valence electrons. The Kier molecular flexibility index (Phi) is 8.38. The first kappa shape index (κ1) is 26.5. The Morgan fingerprint density at radius 1 is 1.03 bits per heavy atom. The largest absolute Gasteiger partial charge is 0.467 e. The second-order valence-electron chi connectivity index (χ2n) is 10.0. The van der Waals surface area contributed by atoms with Crippen LogP contribution in [0.2, 0.25) is 0 Å². The Hall–Kier alpha value is -3.13. The lowest BCUT2D eigenvalue weighted by molar-refractivity contribution is -0.133. The van der Waals surface area contributed by atoms with Crippen LogP contribution in [-0.2, 0) is 28.0 Å². The van der Waals surface area contributed by atoms with E-state index in [0.717, 1.165) is 36.2 Å². The molecule has 1 aromatic heterocycles. The number of carbonyl (C=O) groups is 1. The van der Waals surface area contributed by atoms with Crippen LogP contribution in [0.5, 0.6) is 5.75 Å². The fraction of sp³-hybridized carbons (Fsp3) is 0.370. The number of amides is 1. The molecule has 0 N–H and O–H groups in total. The molecule has 0 aliphatic carbocycles. The molecule has 0 spiro atoms. The van der Waals surface area contributed by atoms with Crippen molar-refractivity contribution in [2.45, 2.75) is 58.5 Å². The third-order valence-electron chi connectivity index (χ3n) is 5.37. The lowest BCUT2D eigenvalue weighted by atomic mass is 9.84. The fourth-order valence-electron chi connectivity index (χ4n) is 4.01. The second-order valence-corrected chi connectivity index (χ2v) is 11.6. The summed E-state index contributed by atoms with van der Waals surface area (Å²) in [5.41, 5.74) is 0.954. The van der Waals surface area contributed by atoms with E-state index in [1.165, 1.54) is 12.1 Å². The first-order valence-corrected chi connectivity index (χ1v) is 12.9. The molecule has 8 heteroatoms. The molecule has 6 nitrogen and oxygen atoms in total. The van der Waals surface area contributed by atoms with Crippen molar-refractivity contribution in [3.63, 3.8) is 0 Å². The zero-order chi connectivity index (χ0) is 25.6. The number of benzene rings is 2. The van der Waals surface area contributed by atoms with Crippen molar-refractivity contribution in [3.8, 4) is 5.75 Å². The number of nitrogens with zero attached hydrogens (tertiary/aromatic N) is 1. The summed E-state index contributed by atoms with van der Waals surface area (Å²) in [5.74, 6) is 0.536. The summed E-state index contributed by atoms with van der Waals surface area (Å²) in [5, 5.41) is 0. The number of carbonyl (C=O) groups excluding carboxylic acids is 1. The van der Waals surface area contributed by atoms with Crippen LogP contribution in [0.1, 0.15) is 51.9 Å². The molecule has 1 heterocycles. The Bertz CT molecular complexity index is 1200. The molecule has 1 amide bonds. The standard InChI is InChI=1S/C27H32FNO5S/c1-20(17-27(2,3)4)16-26(30)29(19-24-6-5-15-33-24)18-21-7-11-23(12-8-21)34-35(31,32)25-13-9-22(28)10-14-25/h5-15,20H,16-19H2,1-4H3. The molecule has 0 fully saturated rings. The van der Waals surface area contributed by atoms with Gasteiger partial charge in [0.1, 0.15) is 22.2 Å². The molecule has 0 aliphatic heterocycles.